The molecule has 0 spiro atoms. The van der Waals surface area contributed by atoms with E-state index in [9.17, 15) is 18.0 Å². The predicted octanol–water partition coefficient (Wildman–Crippen LogP) is 7.13. The number of alkyl halides is 3. The molecule has 3 rings (SSSR count). The molecule has 2 aromatic rings. The fraction of sp³-hybridized carbons (Fsp3) is 0.429. The molecule has 1 unspecified atom stereocenters. The van der Waals surface area contributed by atoms with E-state index in [0.29, 0.717) is 22.8 Å². The molecule has 1 N–H and O–H groups in total. The molecule has 1 aromatic heterocycles. The molecule has 1 atom stereocenters. The van der Waals surface area contributed by atoms with Crippen LogP contribution in [0.2, 0.25) is 5.02 Å². The van der Waals surface area contributed by atoms with Gasteiger partial charge in [0.25, 0.3) is 0 Å². The van der Waals surface area contributed by atoms with Gasteiger partial charge in [0.05, 0.1) is 27.8 Å². The molecule has 4 nitrogen and oxygen atoms in total. The number of thioether (sulfide) groups is 1. The highest BCUT2D eigenvalue weighted by molar-refractivity contribution is 7.98. The van der Waals surface area contributed by atoms with Crippen LogP contribution in [-0.2, 0) is 6.18 Å². The number of hydrogen-bond donors (Lipinski definition) is 1. The summed E-state index contributed by atoms with van der Waals surface area (Å²) in [6.07, 6.45) is -0.873. The Bertz CT molecular complexity index is 992. The number of rotatable bonds is 6. The summed E-state index contributed by atoms with van der Waals surface area (Å²) < 4.78 is 39.3. The maximum absolute atomic E-state index is 13.1. The van der Waals surface area contributed by atoms with Gasteiger partial charge >= 0.3 is 12.2 Å². The van der Waals surface area contributed by atoms with Crippen molar-refractivity contribution in [2.75, 3.05) is 23.9 Å². The molecule has 2 heterocycles. The zero-order valence-corrected chi connectivity index (χ0v) is 19.7. The number of benzene rings is 1. The summed E-state index contributed by atoms with van der Waals surface area (Å²) in [7, 11) is 0. The van der Waals surface area contributed by atoms with Gasteiger partial charge in [0.1, 0.15) is 0 Å². The number of hydrazone groups is 1. The van der Waals surface area contributed by atoms with Crippen LogP contribution in [0.1, 0.15) is 36.5 Å². The van der Waals surface area contributed by atoms with Gasteiger partial charge in [0.15, 0.2) is 0 Å². The van der Waals surface area contributed by atoms with Gasteiger partial charge in [0.2, 0.25) is 0 Å². The minimum Gasteiger partial charge on any atom is -0.298 e. The Morgan fingerprint density at radius 2 is 2.13 bits per heavy atom. The van der Waals surface area contributed by atoms with Crippen LogP contribution < -0.4 is 5.32 Å². The summed E-state index contributed by atoms with van der Waals surface area (Å²) >= 11 is 9.10. The second-order valence-electron chi connectivity index (χ2n) is 7.77. The van der Waals surface area contributed by atoms with E-state index in [-0.39, 0.29) is 11.1 Å². The molecule has 1 aromatic carbocycles. The standard InChI is InChI=1S/C21H23ClF3N3OS2/c1-13-9-17(31-11-13)26-19(29)28-12-20(2,7-4-8-30-3)18(27-28)14-5-6-15(16(22)10-14)21(23,24)25/h5-6,9-11H,4,7-8,12H2,1-3H3,(H,26,29). The predicted molar refractivity (Wildman–Crippen MR) is 123 cm³/mol. The highest BCUT2D eigenvalue weighted by atomic mass is 35.5. The summed E-state index contributed by atoms with van der Waals surface area (Å²) in [6, 6.07) is 5.15. The number of hydrogen-bond acceptors (Lipinski definition) is 4. The number of anilines is 1. The van der Waals surface area contributed by atoms with Gasteiger partial charge in [-0.05, 0) is 66.5 Å². The average Bonchev–Trinajstić information content (AvgIpc) is 3.24. The Kier molecular flexibility index (Phi) is 7.28. The summed E-state index contributed by atoms with van der Waals surface area (Å²) in [5.41, 5.74) is 0.728. The van der Waals surface area contributed by atoms with Crippen molar-refractivity contribution >= 4 is 51.4 Å². The van der Waals surface area contributed by atoms with Crippen LogP contribution in [0.3, 0.4) is 0 Å². The number of carbonyl (C=O) groups excluding carboxylic acids is 1. The first kappa shape index (κ1) is 23.9. The van der Waals surface area contributed by atoms with Crippen LogP contribution in [0.5, 0.6) is 0 Å². The third-order valence-electron chi connectivity index (χ3n) is 5.11. The maximum atomic E-state index is 13.1. The molecular weight excluding hydrogens is 467 g/mol. The summed E-state index contributed by atoms with van der Waals surface area (Å²) in [6.45, 7) is 4.27. The van der Waals surface area contributed by atoms with Crippen molar-refractivity contribution in [2.45, 2.75) is 32.9 Å². The quantitative estimate of drug-likeness (QED) is 0.438. The van der Waals surface area contributed by atoms with Gasteiger partial charge in [0, 0.05) is 5.41 Å². The molecule has 0 saturated carbocycles. The van der Waals surface area contributed by atoms with E-state index in [1.165, 1.54) is 28.5 Å². The fourth-order valence-electron chi connectivity index (χ4n) is 3.57. The average molecular weight is 490 g/mol. The second-order valence-corrected chi connectivity index (χ2v) is 10.1. The van der Waals surface area contributed by atoms with Crippen molar-refractivity contribution in [1.29, 1.82) is 0 Å². The molecule has 0 saturated heterocycles. The SMILES string of the molecule is CSCCCC1(C)CN(C(=O)Nc2cc(C)cs2)N=C1c1ccc(C(F)(F)F)c(Cl)c1. The van der Waals surface area contributed by atoms with E-state index < -0.39 is 17.2 Å². The number of thiophene rings is 1. The monoisotopic (exact) mass is 489 g/mol. The second kappa shape index (κ2) is 9.42. The lowest BCUT2D eigenvalue weighted by atomic mass is 9.78. The van der Waals surface area contributed by atoms with Crippen molar-refractivity contribution in [3.05, 3.63) is 51.4 Å². The molecule has 1 aliphatic heterocycles. The highest BCUT2D eigenvalue weighted by Gasteiger charge is 2.42. The molecule has 31 heavy (non-hydrogen) atoms. The minimum atomic E-state index is -4.53. The van der Waals surface area contributed by atoms with Crippen molar-refractivity contribution in [3.8, 4) is 0 Å². The molecule has 10 heteroatoms. The van der Waals surface area contributed by atoms with E-state index >= 15 is 0 Å². The number of amides is 2. The smallest absolute Gasteiger partial charge is 0.298 e. The number of nitrogens with one attached hydrogen (secondary N) is 1. The van der Waals surface area contributed by atoms with E-state index in [2.05, 4.69) is 10.4 Å². The first-order chi connectivity index (χ1) is 14.5. The van der Waals surface area contributed by atoms with Crippen molar-refractivity contribution in [3.63, 3.8) is 0 Å². The van der Waals surface area contributed by atoms with E-state index in [1.54, 1.807) is 11.8 Å². The molecular formula is C21H23ClF3N3OS2. The van der Waals surface area contributed by atoms with Crippen molar-refractivity contribution < 1.29 is 18.0 Å². The Balaban J connectivity index is 1.91. The van der Waals surface area contributed by atoms with Crippen LogP contribution >= 0.6 is 34.7 Å². The molecule has 0 fully saturated rings. The first-order valence-corrected chi connectivity index (χ1v) is 12.3. The van der Waals surface area contributed by atoms with Crippen LogP contribution in [0.4, 0.5) is 23.0 Å². The molecule has 0 aliphatic carbocycles. The summed E-state index contributed by atoms with van der Waals surface area (Å²) in [4.78, 5) is 12.8. The first-order valence-electron chi connectivity index (χ1n) is 9.62. The Labute approximate surface area is 192 Å². The van der Waals surface area contributed by atoms with Crippen molar-refractivity contribution in [2.24, 2.45) is 10.5 Å². The lowest BCUT2D eigenvalue weighted by molar-refractivity contribution is -0.137. The van der Waals surface area contributed by atoms with Crippen LogP contribution in [0, 0.1) is 12.3 Å². The van der Waals surface area contributed by atoms with Crippen molar-refractivity contribution in [1.82, 2.24) is 5.01 Å². The fourth-order valence-corrected chi connectivity index (χ4v) is 5.07. The minimum absolute atomic E-state index is 0.339. The van der Waals surface area contributed by atoms with E-state index in [4.69, 9.17) is 11.6 Å². The topological polar surface area (TPSA) is 44.7 Å². The number of nitrogens with zero attached hydrogens (tertiary/aromatic N) is 2. The molecule has 168 valence electrons. The lowest BCUT2D eigenvalue weighted by Gasteiger charge is -2.26. The normalized spacial score (nSPS) is 18.9. The van der Waals surface area contributed by atoms with Crippen LogP contribution in [0.15, 0.2) is 34.7 Å². The molecule has 0 radical (unpaired) electrons. The Hall–Kier alpha value is -1.71. The number of urea groups is 1. The summed E-state index contributed by atoms with van der Waals surface area (Å²) in [5.74, 6) is 0.942. The largest absolute Gasteiger partial charge is 0.417 e. The molecule has 1 aliphatic rings. The maximum Gasteiger partial charge on any atom is 0.417 e. The Morgan fingerprint density at radius 3 is 2.71 bits per heavy atom. The zero-order chi connectivity index (χ0) is 22.8. The third-order valence-corrected chi connectivity index (χ3v) is 7.08. The Morgan fingerprint density at radius 1 is 1.39 bits per heavy atom. The van der Waals surface area contributed by atoms with Gasteiger partial charge < -0.3 is 0 Å². The van der Waals surface area contributed by atoms with Gasteiger partial charge in [-0.15, -0.1) is 11.3 Å². The zero-order valence-electron chi connectivity index (χ0n) is 17.3. The van der Waals surface area contributed by atoms with Crippen LogP contribution in [-0.4, -0.2) is 35.3 Å². The van der Waals surface area contributed by atoms with E-state index in [0.717, 1.165) is 30.2 Å². The van der Waals surface area contributed by atoms with E-state index in [1.807, 2.05) is 31.5 Å². The molecule has 2 amide bonds. The van der Waals surface area contributed by atoms with Gasteiger partial charge in [-0.3, -0.25) is 5.32 Å². The van der Waals surface area contributed by atoms with Gasteiger partial charge in [-0.25, -0.2) is 9.80 Å². The lowest BCUT2D eigenvalue weighted by Crippen LogP contribution is -2.35. The third kappa shape index (κ3) is 5.56. The number of aryl methyl sites for hydroxylation is 1. The van der Waals surface area contributed by atoms with Crippen LogP contribution in [0.25, 0.3) is 0 Å². The number of halogens is 4. The molecule has 0 bridgehead atoms. The van der Waals surface area contributed by atoms with Gasteiger partial charge in [-0.2, -0.15) is 30.0 Å². The van der Waals surface area contributed by atoms with Gasteiger partial charge in [-0.1, -0.05) is 24.6 Å². The highest BCUT2D eigenvalue weighted by Crippen LogP contribution is 2.39. The summed E-state index contributed by atoms with van der Waals surface area (Å²) in [5, 5.41) is 11.0. The number of carbonyl (C=O) groups is 1.